The molecule has 1 aromatic rings. The van der Waals surface area contributed by atoms with Gasteiger partial charge in [-0.05, 0) is 37.6 Å². The number of aliphatic imine (C=N–C) groups is 1. The molecule has 0 aliphatic carbocycles. The number of rotatable bonds is 3. The molecule has 3 rings (SSSR count). The third-order valence-electron chi connectivity index (χ3n) is 2.89. The second-order valence-electron chi connectivity index (χ2n) is 4.74. The Hall–Kier alpha value is -2.38. The van der Waals surface area contributed by atoms with Gasteiger partial charge in [-0.25, -0.2) is 4.90 Å². The molecule has 3 heteroatoms. The lowest BCUT2D eigenvalue weighted by molar-refractivity contribution is 0.242. The van der Waals surface area contributed by atoms with Crippen LogP contribution in [0.4, 0.5) is 0 Å². The van der Waals surface area contributed by atoms with Crippen molar-refractivity contribution in [1.82, 2.24) is 4.90 Å². The summed E-state index contributed by atoms with van der Waals surface area (Å²) in [6.07, 6.45) is 11.0. The van der Waals surface area contributed by atoms with Gasteiger partial charge in [-0.15, -0.1) is 0 Å². The van der Waals surface area contributed by atoms with Crippen LogP contribution in [0.3, 0.4) is 0 Å². The number of nitrogens with zero attached hydrogens (tertiary/aromatic N) is 2. The van der Waals surface area contributed by atoms with Crippen LogP contribution < -0.4 is 4.74 Å². The van der Waals surface area contributed by atoms with E-state index < -0.39 is 0 Å². The van der Waals surface area contributed by atoms with E-state index in [0.717, 1.165) is 22.7 Å². The number of benzene rings is 1. The van der Waals surface area contributed by atoms with E-state index in [4.69, 9.17) is 4.74 Å². The van der Waals surface area contributed by atoms with Gasteiger partial charge in [0, 0.05) is 16.8 Å². The highest BCUT2D eigenvalue weighted by Gasteiger charge is 2.23. The second-order valence-corrected chi connectivity index (χ2v) is 4.74. The molecule has 1 aromatic carbocycles. The van der Waals surface area contributed by atoms with Crippen LogP contribution in [-0.2, 0) is 0 Å². The van der Waals surface area contributed by atoms with Gasteiger partial charge in [-0.1, -0.05) is 12.1 Å². The summed E-state index contributed by atoms with van der Waals surface area (Å²) in [7, 11) is 0. The first-order valence-electron chi connectivity index (χ1n) is 6.34. The SMILES string of the molecule is CC(C)Oc1ccc(C2=CN3C=[C+]N=C3C=C2)cc1. The van der Waals surface area contributed by atoms with Crippen LogP contribution in [-0.4, -0.2) is 16.8 Å². The van der Waals surface area contributed by atoms with Crippen LogP contribution in [0, 0.1) is 6.20 Å². The predicted octanol–water partition coefficient (Wildman–Crippen LogP) is 3.37. The van der Waals surface area contributed by atoms with Crippen LogP contribution in [0.2, 0.25) is 0 Å². The Kier molecular flexibility index (Phi) is 2.90. The third-order valence-corrected chi connectivity index (χ3v) is 2.89. The average Bonchev–Trinajstić information content (AvgIpc) is 2.86. The summed E-state index contributed by atoms with van der Waals surface area (Å²) in [6, 6.07) is 8.14. The normalized spacial score (nSPS) is 16.1. The molecule has 0 N–H and O–H groups in total. The van der Waals surface area contributed by atoms with Crippen molar-refractivity contribution in [3.05, 3.63) is 60.6 Å². The van der Waals surface area contributed by atoms with Crippen molar-refractivity contribution in [2.24, 2.45) is 4.99 Å². The Balaban J connectivity index is 1.81. The highest BCUT2D eigenvalue weighted by atomic mass is 16.5. The highest BCUT2D eigenvalue weighted by Crippen LogP contribution is 2.24. The molecular formula is C16H15N2O+. The number of fused-ring (bicyclic) bond motifs is 1. The van der Waals surface area contributed by atoms with Gasteiger partial charge in [0.15, 0.2) is 6.20 Å². The van der Waals surface area contributed by atoms with Crippen LogP contribution in [0.5, 0.6) is 5.75 Å². The van der Waals surface area contributed by atoms with Gasteiger partial charge in [0.2, 0.25) is 6.20 Å². The molecule has 0 spiro atoms. The summed E-state index contributed by atoms with van der Waals surface area (Å²) in [5.74, 6) is 1.80. The molecule has 94 valence electrons. The first-order chi connectivity index (χ1) is 9.22. The van der Waals surface area contributed by atoms with Gasteiger partial charge >= 0.3 is 0 Å². The van der Waals surface area contributed by atoms with Gasteiger partial charge in [0.1, 0.15) is 5.75 Å². The highest BCUT2D eigenvalue weighted by molar-refractivity contribution is 6.01. The molecule has 0 aromatic heterocycles. The summed E-state index contributed by atoms with van der Waals surface area (Å²) in [6.45, 7) is 4.05. The molecule has 0 fully saturated rings. The largest absolute Gasteiger partial charge is 0.491 e. The van der Waals surface area contributed by atoms with E-state index in [1.807, 2.05) is 43.2 Å². The monoisotopic (exact) mass is 251 g/mol. The molecule has 0 saturated heterocycles. The van der Waals surface area contributed by atoms with E-state index in [1.165, 1.54) is 0 Å². The molecule has 0 saturated carbocycles. The van der Waals surface area contributed by atoms with Crippen molar-refractivity contribution in [3.63, 3.8) is 0 Å². The topological polar surface area (TPSA) is 24.8 Å². The Bertz CT molecular complexity index is 592. The van der Waals surface area contributed by atoms with Crippen molar-refractivity contribution >= 4 is 11.4 Å². The minimum atomic E-state index is 0.198. The van der Waals surface area contributed by atoms with Crippen LogP contribution in [0.15, 0.2) is 53.8 Å². The Labute approximate surface area is 113 Å². The zero-order valence-electron chi connectivity index (χ0n) is 11.0. The van der Waals surface area contributed by atoms with Gasteiger partial charge in [-0.2, -0.15) is 0 Å². The van der Waals surface area contributed by atoms with E-state index in [1.54, 1.807) is 0 Å². The van der Waals surface area contributed by atoms with Gasteiger partial charge < -0.3 is 4.74 Å². The van der Waals surface area contributed by atoms with E-state index in [0.29, 0.717) is 0 Å². The van der Waals surface area contributed by atoms with Crippen LogP contribution in [0.1, 0.15) is 19.4 Å². The van der Waals surface area contributed by atoms with Crippen LogP contribution in [0.25, 0.3) is 5.57 Å². The molecule has 2 aliphatic rings. The second kappa shape index (κ2) is 4.71. The van der Waals surface area contributed by atoms with Crippen molar-refractivity contribution < 1.29 is 4.74 Å². The summed E-state index contributed by atoms with van der Waals surface area (Å²) >= 11 is 0. The maximum atomic E-state index is 5.64. The lowest BCUT2D eigenvalue weighted by atomic mass is 10.0. The maximum Gasteiger partial charge on any atom is 0.289 e. The number of hydrogen-bond acceptors (Lipinski definition) is 3. The van der Waals surface area contributed by atoms with Crippen LogP contribution >= 0.6 is 0 Å². The minimum Gasteiger partial charge on any atom is -0.491 e. The molecular weight excluding hydrogens is 236 g/mol. The zero-order chi connectivity index (χ0) is 13.2. The fraction of sp³-hybridized carbons (Fsp3) is 0.188. The summed E-state index contributed by atoms with van der Waals surface area (Å²) in [4.78, 5) is 6.08. The van der Waals surface area contributed by atoms with E-state index >= 15 is 0 Å². The van der Waals surface area contributed by atoms with Crippen molar-refractivity contribution in [2.45, 2.75) is 20.0 Å². The lowest BCUT2D eigenvalue weighted by Gasteiger charge is -2.13. The summed E-state index contributed by atoms with van der Waals surface area (Å²) in [5, 5.41) is 0. The molecule has 0 radical (unpaired) electrons. The molecule has 0 atom stereocenters. The lowest BCUT2D eigenvalue weighted by Crippen LogP contribution is -2.17. The molecule has 0 bridgehead atoms. The quantitative estimate of drug-likeness (QED) is 0.769. The van der Waals surface area contributed by atoms with Gasteiger partial charge in [0.05, 0.1) is 12.2 Å². The molecule has 3 nitrogen and oxygen atoms in total. The molecule has 0 amide bonds. The Morgan fingerprint density at radius 1 is 1.16 bits per heavy atom. The van der Waals surface area contributed by atoms with Crippen molar-refractivity contribution in [1.29, 1.82) is 0 Å². The molecule has 0 unspecified atom stereocenters. The smallest absolute Gasteiger partial charge is 0.289 e. The van der Waals surface area contributed by atoms with Crippen molar-refractivity contribution in [3.8, 4) is 5.75 Å². The van der Waals surface area contributed by atoms with Crippen molar-refractivity contribution in [2.75, 3.05) is 0 Å². The number of ether oxygens (including phenoxy) is 1. The first-order valence-corrected chi connectivity index (χ1v) is 6.34. The molecule has 19 heavy (non-hydrogen) atoms. The fourth-order valence-corrected chi connectivity index (χ4v) is 2.03. The van der Waals surface area contributed by atoms with E-state index in [2.05, 4.69) is 35.6 Å². The first kappa shape index (κ1) is 11.7. The predicted molar refractivity (Wildman–Crippen MR) is 76.4 cm³/mol. The minimum absolute atomic E-state index is 0.198. The summed E-state index contributed by atoms with van der Waals surface area (Å²) < 4.78 is 5.64. The average molecular weight is 251 g/mol. The number of allylic oxidation sites excluding steroid dienone is 2. The number of hydrogen-bond donors (Lipinski definition) is 0. The molecule has 2 heterocycles. The maximum absolute atomic E-state index is 5.64. The van der Waals surface area contributed by atoms with E-state index in [-0.39, 0.29) is 6.10 Å². The Morgan fingerprint density at radius 3 is 2.68 bits per heavy atom. The third kappa shape index (κ3) is 2.42. The summed E-state index contributed by atoms with van der Waals surface area (Å²) in [5.41, 5.74) is 2.31. The van der Waals surface area contributed by atoms with Gasteiger partial charge in [-0.3, -0.25) is 0 Å². The molecule has 2 aliphatic heterocycles. The number of amidine groups is 1. The van der Waals surface area contributed by atoms with E-state index in [9.17, 15) is 0 Å². The zero-order valence-corrected chi connectivity index (χ0v) is 11.0. The fourth-order valence-electron chi connectivity index (χ4n) is 2.03. The van der Waals surface area contributed by atoms with Gasteiger partial charge in [0.25, 0.3) is 5.84 Å². The Morgan fingerprint density at radius 2 is 1.95 bits per heavy atom. The standard InChI is InChI=1S/C16H15N2O/c1-12(2)19-15-6-3-13(4-7-15)14-5-8-16-17-9-10-18(16)11-14/h3-8,10-12H,1-2H3/q+1.